The maximum atomic E-state index is 12.7. The molecule has 2 aromatic rings. The van der Waals surface area contributed by atoms with Gasteiger partial charge in [0.1, 0.15) is 0 Å². The first-order valence-corrected chi connectivity index (χ1v) is 8.45. The number of amides is 1. The number of carbonyl (C=O) groups is 1. The van der Waals surface area contributed by atoms with Gasteiger partial charge in [0.15, 0.2) is 0 Å². The Morgan fingerprint density at radius 2 is 2.00 bits per heavy atom. The van der Waals surface area contributed by atoms with Crippen LogP contribution in [0.3, 0.4) is 0 Å². The van der Waals surface area contributed by atoms with Gasteiger partial charge in [0.05, 0.1) is 29.4 Å². The molecule has 0 spiro atoms. The van der Waals surface area contributed by atoms with E-state index in [2.05, 4.69) is 10.1 Å². The highest BCUT2D eigenvalue weighted by Gasteiger charge is 2.20. The third-order valence-electron chi connectivity index (χ3n) is 4.05. The van der Waals surface area contributed by atoms with E-state index < -0.39 is 0 Å². The van der Waals surface area contributed by atoms with Crippen LogP contribution in [0.4, 0.5) is 0 Å². The molecule has 6 nitrogen and oxygen atoms in total. The SMILES string of the molecule is Cc1nc(CC(=O)N(CCO)Cc2c(C)nn(C)c2C)c(C)s1. The van der Waals surface area contributed by atoms with Crippen LogP contribution in [-0.4, -0.2) is 43.8 Å². The Kier molecular flexibility index (Phi) is 5.54. The van der Waals surface area contributed by atoms with E-state index in [1.54, 1.807) is 16.2 Å². The van der Waals surface area contributed by atoms with Crippen molar-refractivity contribution in [2.45, 2.75) is 40.7 Å². The summed E-state index contributed by atoms with van der Waals surface area (Å²) < 4.78 is 1.82. The molecule has 0 aromatic carbocycles. The van der Waals surface area contributed by atoms with Crippen LogP contribution in [0.15, 0.2) is 0 Å². The highest BCUT2D eigenvalue weighted by molar-refractivity contribution is 7.11. The summed E-state index contributed by atoms with van der Waals surface area (Å²) in [5, 5.41) is 14.7. The van der Waals surface area contributed by atoms with Crippen molar-refractivity contribution in [1.82, 2.24) is 19.7 Å². The van der Waals surface area contributed by atoms with Gasteiger partial charge < -0.3 is 10.0 Å². The van der Waals surface area contributed by atoms with Crippen molar-refractivity contribution in [2.24, 2.45) is 7.05 Å². The molecule has 1 amide bonds. The van der Waals surface area contributed by atoms with Gasteiger partial charge in [-0.3, -0.25) is 9.48 Å². The molecule has 0 radical (unpaired) electrons. The summed E-state index contributed by atoms with van der Waals surface area (Å²) >= 11 is 1.60. The summed E-state index contributed by atoms with van der Waals surface area (Å²) in [5.74, 6) is -0.0184. The van der Waals surface area contributed by atoms with Crippen molar-refractivity contribution in [2.75, 3.05) is 13.2 Å². The topological polar surface area (TPSA) is 71.2 Å². The first kappa shape index (κ1) is 17.6. The average Bonchev–Trinajstić information content (AvgIpc) is 2.91. The first-order valence-electron chi connectivity index (χ1n) is 7.64. The van der Waals surface area contributed by atoms with Crippen molar-refractivity contribution >= 4 is 17.2 Å². The third kappa shape index (κ3) is 3.97. The molecule has 2 heterocycles. The van der Waals surface area contributed by atoms with Crippen molar-refractivity contribution < 1.29 is 9.90 Å². The zero-order valence-corrected chi connectivity index (χ0v) is 15.2. The molecular formula is C16H24N4O2S. The minimum atomic E-state index is -0.0564. The molecule has 2 rings (SSSR count). The number of aromatic nitrogens is 3. The Labute approximate surface area is 140 Å². The fourth-order valence-electron chi connectivity index (χ4n) is 2.64. The molecule has 0 saturated heterocycles. The van der Waals surface area contributed by atoms with Gasteiger partial charge in [-0.2, -0.15) is 5.10 Å². The van der Waals surface area contributed by atoms with Gasteiger partial charge in [-0.1, -0.05) is 0 Å². The lowest BCUT2D eigenvalue weighted by Gasteiger charge is -2.22. The number of aryl methyl sites for hydroxylation is 4. The quantitative estimate of drug-likeness (QED) is 0.871. The van der Waals surface area contributed by atoms with E-state index in [-0.39, 0.29) is 18.9 Å². The molecule has 0 unspecified atom stereocenters. The van der Waals surface area contributed by atoms with Crippen LogP contribution in [0, 0.1) is 27.7 Å². The van der Waals surface area contributed by atoms with Crippen molar-refractivity contribution in [3.8, 4) is 0 Å². The lowest BCUT2D eigenvalue weighted by molar-refractivity contribution is -0.131. The van der Waals surface area contributed by atoms with Crippen LogP contribution in [0.1, 0.15) is 32.5 Å². The molecule has 23 heavy (non-hydrogen) atoms. The largest absolute Gasteiger partial charge is 0.395 e. The van der Waals surface area contributed by atoms with E-state index in [0.29, 0.717) is 13.1 Å². The predicted molar refractivity (Wildman–Crippen MR) is 90.5 cm³/mol. The summed E-state index contributed by atoms with van der Waals surface area (Å²) in [4.78, 5) is 19.8. The number of aliphatic hydroxyl groups is 1. The molecule has 126 valence electrons. The van der Waals surface area contributed by atoms with Gasteiger partial charge in [0.25, 0.3) is 0 Å². The van der Waals surface area contributed by atoms with E-state index in [4.69, 9.17) is 0 Å². The van der Waals surface area contributed by atoms with Gasteiger partial charge in [-0.15, -0.1) is 11.3 Å². The van der Waals surface area contributed by atoms with Crippen LogP contribution in [0.5, 0.6) is 0 Å². The Bertz CT molecular complexity index is 705. The van der Waals surface area contributed by atoms with Gasteiger partial charge >= 0.3 is 0 Å². The summed E-state index contributed by atoms with van der Waals surface area (Å²) in [6.07, 6.45) is 0.272. The number of thiazole rings is 1. The van der Waals surface area contributed by atoms with Crippen molar-refractivity contribution in [3.63, 3.8) is 0 Å². The van der Waals surface area contributed by atoms with Crippen LogP contribution in [-0.2, 0) is 24.8 Å². The van der Waals surface area contributed by atoms with Crippen LogP contribution >= 0.6 is 11.3 Å². The maximum Gasteiger partial charge on any atom is 0.229 e. The normalized spacial score (nSPS) is 11.0. The molecule has 0 atom stereocenters. The zero-order valence-electron chi connectivity index (χ0n) is 14.4. The highest BCUT2D eigenvalue weighted by atomic mass is 32.1. The lowest BCUT2D eigenvalue weighted by Crippen LogP contribution is -2.34. The molecule has 0 aliphatic heterocycles. The first-order chi connectivity index (χ1) is 10.8. The molecule has 7 heteroatoms. The van der Waals surface area contributed by atoms with E-state index in [1.165, 1.54) is 0 Å². The minimum Gasteiger partial charge on any atom is -0.395 e. The van der Waals surface area contributed by atoms with E-state index in [9.17, 15) is 9.90 Å². The van der Waals surface area contributed by atoms with Crippen LogP contribution in [0.25, 0.3) is 0 Å². The fourth-order valence-corrected chi connectivity index (χ4v) is 3.48. The standard InChI is InChI=1S/C16H24N4O2S/c1-10-14(11(2)19(5)18-10)9-20(6-7-21)16(22)8-15-12(3)23-13(4)17-15/h21H,6-9H2,1-5H3. The Morgan fingerprint density at radius 1 is 1.30 bits per heavy atom. The number of carbonyl (C=O) groups excluding carboxylic acids is 1. The molecule has 0 aliphatic rings. The predicted octanol–water partition coefficient (Wildman–Crippen LogP) is 1.67. The molecular weight excluding hydrogens is 312 g/mol. The maximum absolute atomic E-state index is 12.7. The molecule has 0 fully saturated rings. The summed E-state index contributed by atoms with van der Waals surface area (Å²) in [6, 6.07) is 0. The highest BCUT2D eigenvalue weighted by Crippen LogP contribution is 2.19. The Balaban J connectivity index is 2.17. The lowest BCUT2D eigenvalue weighted by atomic mass is 10.1. The van der Waals surface area contributed by atoms with Crippen molar-refractivity contribution in [1.29, 1.82) is 0 Å². The molecule has 0 aliphatic carbocycles. The fraction of sp³-hybridized carbons (Fsp3) is 0.562. The van der Waals surface area contributed by atoms with Crippen LogP contribution in [0.2, 0.25) is 0 Å². The van der Waals surface area contributed by atoms with Gasteiger partial charge in [-0.05, 0) is 27.7 Å². The monoisotopic (exact) mass is 336 g/mol. The number of aliphatic hydroxyl groups excluding tert-OH is 1. The average molecular weight is 336 g/mol. The number of hydrogen-bond acceptors (Lipinski definition) is 5. The molecule has 0 bridgehead atoms. The molecule has 2 aromatic heterocycles. The summed E-state index contributed by atoms with van der Waals surface area (Å²) in [5.41, 5.74) is 3.83. The van der Waals surface area contributed by atoms with E-state index in [0.717, 1.165) is 32.5 Å². The second-order valence-electron chi connectivity index (χ2n) is 5.72. The zero-order chi connectivity index (χ0) is 17.1. The Morgan fingerprint density at radius 3 is 2.48 bits per heavy atom. The van der Waals surface area contributed by atoms with Gasteiger partial charge in [0.2, 0.25) is 5.91 Å². The molecule has 0 saturated carbocycles. The van der Waals surface area contributed by atoms with Crippen molar-refractivity contribution in [3.05, 3.63) is 32.5 Å². The Hall–Kier alpha value is -1.73. The van der Waals surface area contributed by atoms with Crippen LogP contribution < -0.4 is 0 Å². The minimum absolute atomic E-state index is 0.0184. The number of nitrogens with zero attached hydrogens (tertiary/aromatic N) is 4. The summed E-state index contributed by atoms with van der Waals surface area (Å²) in [7, 11) is 1.89. The second kappa shape index (κ2) is 7.23. The smallest absolute Gasteiger partial charge is 0.229 e. The summed E-state index contributed by atoms with van der Waals surface area (Å²) in [6.45, 7) is 8.59. The molecule has 1 N–H and O–H groups in total. The van der Waals surface area contributed by atoms with E-state index >= 15 is 0 Å². The van der Waals surface area contributed by atoms with Gasteiger partial charge in [-0.25, -0.2) is 4.98 Å². The van der Waals surface area contributed by atoms with Gasteiger partial charge in [0, 0.05) is 36.3 Å². The number of rotatable bonds is 6. The third-order valence-corrected chi connectivity index (χ3v) is 4.98. The number of hydrogen-bond donors (Lipinski definition) is 1. The van der Waals surface area contributed by atoms with E-state index in [1.807, 2.05) is 39.4 Å². The second-order valence-corrected chi connectivity index (χ2v) is 7.13.